The third-order valence-corrected chi connectivity index (χ3v) is 2.79. The summed E-state index contributed by atoms with van der Waals surface area (Å²) in [6, 6.07) is -0.222. The molecule has 0 unspecified atom stereocenters. The maximum Gasteiger partial charge on any atom is 0.204 e. The first-order valence-corrected chi connectivity index (χ1v) is 5.45. The Bertz CT molecular complexity index is 716. The van der Waals surface area contributed by atoms with Crippen LogP contribution in [0.4, 0.5) is 35.1 Å². The van der Waals surface area contributed by atoms with E-state index in [4.69, 9.17) is 0 Å². The van der Waals surface area contributed by atoms with Crippen LogP contribution >= 0.6 is 0 Å². The van der Waals surface area contributed by atoms with E-state index in [2.05, 4.69) is 4.74 Å². The van der Waals surface area contributed by atoms with Gasteiger partial charge in [-0.15, -0.1) is 0 Å². The Morgan fingerprint density at radius 1 is 0.591 bits per heavy atom. The van der Waals surface area contributed by atoms with Crippen LogP contribution in [0.2, 0.25) is 0 Å². The summed E-state index contributed by atoms with van der Waals surface area (Å²) in [6.07, 6.45) is 0. The van der Waals surface area contributed by atoms with E-state index in [-0.39, 0.29) is 6.07 Å². The van der Waals surface area contributed by atoms with E-state index in [0.29, 0.717) is 7.11 Å². The molecule has 118 valence electrons. The second-order valence-corrected chi connectivity index (χ2v) is 4.01. The molecule has 0 spiro atoms. The van der Waals surface area contributed by atoms with Gasteiger partial charge < -0.3 is 4.74 Å². The van der Waals surface area contributed by atoms with Crippen LogP contribution in [-0.2, 0) is 0 Å². The summed E-state index contributed by atoms with van der Waals surface area (Å²) in [5.74, 6) is -18.6. The summed E-state index contributed by atoms with van der Waals surface area (Å²) in [6.45, 7) is 0. The molecule has 2 rings (SSSR count). The van der Waals surface area contributed by atoms with Crippen molar-refractivity contribution in [2.24, 2.45) is 0 Å². The Balaban J connectivity index is 2.97. The molecule has 0 aromatic heterocycles. The van der Waals surface area contributed by atoms with Crippen LogP contribution in [0.25, 0.3) is 11.1 Å². The maximum absolute atomic E-state index is 13.8. The predicted octanol–water partition coefficient (Wildman–Crippen LogP) is 4.48. The third kappa shape index (κ3) is 2.16. The van der Waals surface area contributed by atoms with E-state index in [9.17, 15) is 35.1 Å². The first-order valence-electron chi connectivity index (χ1n) is 5.45. The molecule has 0 aliphatic carbocycles. The molecule has 0 aliphatic heterocycles. The molecular weight excluding hydrogens is 324 g/mol. The minimum absolute atomic E-state index is 0.222. The van der Waals surface area contributed by atoms with Gasteiger partial charge in [-0.3, -0.25) is 0 Å². The van der Waals surface area contributed by atoms with Crippen LogP contribution in [0.1, 0.15) is 0 Å². The molecule has 1 nitrogen and oxygen atoms in total. The zero-order valence-corrected chi connectivity index (χ0v) is 10.5. The summed E-state index contributed by atoms with van der Waals surface area (Å²) in [5, 5.41) is 0. The van der Waals surface area contributed by atoms with Crippen molar-refractivity contribution < 1.29 is 39.9 Å². The van der Waals surface area contributed by atoms with E-state index in [0.717, 1.165) is 0 Å². The number of halogens is 8. The second-order valence-electron chi connectivity index (χ2n) is 4.01. The first-order chi connectivity index (χ1) is 10.2. The van der Waals surface area contributed by atoms with Crippen molar-refractivity contribution in [2.45, 2.75) is 0 Å². The van der Waals surface area contributed by atoms with Crippen molar-refractivity contribution in [1.29, 1.82) is 0 Å². The van der Waals surface area contributed by atoms with Crippen molar-refractivity contribution in [1.82, 2.24) is 0 Å². The third-order valence-electron chi connectivity index (χ3n) is 2.79. The van der Waals surface area contributed by atoms with Crippen molar-refractivity contribution in [3.05, 3.63) is 52.6 Å². The van der Waals surface area contributed by atoms with Gasteiger partial charge in [0.2, 0.25) is 11.6 Å². The lowest BCUT2D eigenvalue weighted by Gasteiger charge is -2.13. The van der Waals surface area contributed by atoms with Crippen LogP contribution in [0.3, 0.4) is 0 Å². The molecule has 0 fully saturated rings. The fourth-order valence-electron chi connectivity index (χ4n) is 1.80. The maximum atomic E-state index is 13.8. The topological polar surface area (TPSA) is 9.23 Å². The molecule has 0 saturated carbocycles. The van der Waals surface area contributed by atoms with Crippen LogP contribution < -0.4 is 4.74 Å². The van der Waals surface area contributed by atoms with Gasteiger partial charge in [-0.2, -0.15) is 8.78 Å². The summed E-state index contributed by atoms with van der Waals surface area (Å²) in [4.78, 5) is 0. The number of hydrogen-bond acceptors (Lipinski definition) is 1. The Kier molecular flexibility index (Phi) is 3.99. The van der Waals surface area contributed by atoms with Gasteiger partial charge >= 0.3 is 0 Å². The number of rotatable bonds is 2. The lowest BCUT2D eigenvalue weighted by Crippen LogP contribution is -2.07. The molecule has 0 saturated heterocycles. The highest BCUT2D eigenvalue weighted by molar-refractivity contribution is 5.68. The average molecular weight is 328 g/mol. The molecule has 2 aromatic rings. The normalized spacial score (nSPS) is 11.0. The highest BCUT2D eigenvalue weighted by atomic mass is 19.2. The molecular formula is C13H4F8O. The van der Waals surface area contributed by atoms with Crippen LogP contribution in [0, 0.1) is 46.5 Å². The van der Waals surface area contributed by atoms with Crippen molar-refractivity contribution in [3.63, 3.8) is 0 Å². The Labute approximate surface area is 117 Å². The lowest BCUT2D eigenvalue weighted by atomic mass is 10.0. The van der Waals surface area contributed by atoms with Gasteiger partial charge in [-0.25, -0.2) is 26.3 Å². The van der Waals surface area contributed by atoms with Crippen LogP contribution in [0.15, 0.2) is 6.07 Å². The molecule has 0 amide bonds. The summed E-state index contributed by atoms with van der Waals surface area (Å²) >= 11 is 0. The SMILES string of the molecule is COc1c(F)c(F)c(-c2c(F)c(F)cc(F)c2F)c(F)c1F. The van der Waals surface area contributed by atoms with Gasteiger partial charge in [0.1, 0.15) is 0 Å². The number of ether oxygens (including phenoxy) is 1. The monoisotopic (exact) mass is 328 g/mol. The summed E-state index contributed by atoms with van der Waals surface area (Å²) < 4.78 is 112. The Morgan fingerprint density at radius 2 is 0.955 bits per heavy atom. The molecule has 22 heavy (non-hydrogen) atoms. The molecule has 0 heterocycles. The van der Waals surface area contributed by atoms with Gasteiger partial charge in [-0.05, 0) is 0 Å². The molecule has 0 atom stereocenters. The Hall–Kier alpha value is -2.32. The van der Waals surface area contributed by atoms with Gasteiger partial charge in [0.15, 0.2) is 40.7 Å². The number of hydrogen-bond donors (Lipinski definition) is 0. The first kappa shape index (κ1) is 16.1. The van der Waals surface area contributed by atoms with E-state index < -0.39 is 63.4 Å². The van der Waals surface area contributed by atoms with Crippen LogP contribution in [-0.4, -0.2) is 7.11 Å². The highest BCUT2D eigenvalue weighted by Gasteiger charge is 2.32. The predicted molar refractivity (Wildman–Crippen MR) is 58.1 cm³/mol. The Morgan fingerprint density at radius 3 is 1.32 bits per heavy atom. The summed E-state index contributed by atoms with van der Waals surface area (Å²) in [5.41, 5.74) is -3.84. The fourth-order valence-corrected chi connectivity index (χ4v) is 1.80. The van der Waals surface area contributed by atoms with Crippen molar-refractivity contribution in [2.75, 3.05) is 7.11 Å². The second kappa shape index (κ2) is 5.47. The molecule has 0 aliphatic rings. The fraction of sp³-hybridized carbons (Fsp3) is 0.0769. The van der Waals surface area contributed by atoms with Gasteiger partial charge in [0.25, 0.3) is 0 Å². The molecule has 0 bridgehead atoms. The number of benzene rings is 2. The molecule has 0 N–H and O–H groups in total. The van der Waals surface area contributed by atoms with Gasteiger partial charge in [0.05, 0.1) is 18.2 Å². The van der Waals surface area contributed by atoms with E-state index in [1.54, 1.807) is 0 Å². The number of methoxy groups -OCH3 is 1. The quantitative estimate of drug-likeness (QED) is 0.584. The minimum atomic E-state index is -2.27. The molecule has 2 aromatic carbocycles. The smallest absolute Gasteiger partial charge is 0.204 e. The summed E-state index contributed by atoms with van der Waals surface area (Å²) in [7, 11) is 0.684. The minimum Gasteiger partial charge on any atom is -0.491 e. The van der Waals surface area contributed by atoms with Gasteiger partial charge in [0, 0.05) is 6.07 Å². The zero-order valence-electron chi connectivity index (χ0n) is 10.5. The lowest BCUT2D eigenvalue weighted by molar-refractivity contribution is 0.333. The molecule has 9 heteroatoms. The highest BCUT2D eigenvalue weighted by Crippen LogP contribution is 2.38. The van der Waals surface area contributed by atoms with E-state index in [1.165, 1.54) is 0 Å². The van der Waals surface area contributed by atoms with Crippen molar-refractivity contribution >= 4 is 0 Å². The average Bonchev–Trinajstić information content (AvgIpc) is 2.47. The van der Waals surface area contributed by atoms with Gasteiger partial charge in [-0.1, -0.05) is 0 Å². The molecule has 0 radical (unpaired) electrons. The van der Waals surface area contributed by atoms with Crippen LogP contribution in [0.5, 0.6) is 5.75 Å². The van der Waals surface area contributed by atoms with Crippen molar-refractivity contribution in [3.8, 4) is 16.9 Å². The standard InChI is InChI=1S/C13H4F8O/c1-22-13-11(20)9(18)6(10(19)12(13)21)5-7(16)3(14)2-4(15)8(5)17/h2H,1H3. The largest absolute Gasteiger partial charge is 0.491 e. The van der Waals surface area contributed by atoms with E-state index in [1.807, 2.05) is 0 Å². The van der Waals surface area contributed by atoms with E-state index >= 15 is 0 Å². The zero-order chi connectivity index (χ0) is 16.8.